The molecule has 16 nitrogen and oxygen atoms in total. The van der Waals surface area contributed by atoms with E-state index in [9.17, 15) is 23.5 Å². The number of ether oxygens (including phenoxy) is 4. The van der Waals surface area contributed by atoms with Crippen molar-refractivity contribution < 1.29 is 51.2 Å². The van der Waals surface area contributed by atoms with Crippen LogP contribution in [-0.4, -0.2) is 118 Å². The first kappa shape index (κ1) is 43.6. The summed E-state index contributed by atoms with van der Waals surface area (Å²) in [7, 11) is 7.13. The minimum absolute atomic E-state index is 0.0214. The number of anilines is 1. The van der Waals surface area contributed by atoms with Crippen LogP contribution in [0, 0.1) is 23.3 Å². The number of nitrogens with one attached hydrogen (secondary N) is 2. The van der Waals surface area contributed by atoms with Crippen molar-refractivity contribution in [2.45, 2.75) is 6.54 Å². The van der Waals surface area contributed by atoms with E-state index in [2.05, 4.69) is 52.1 Å². The average Bonchev–Trinajstić information content (AvgIpc) is 3.73. The van der Waals surface area contributed by atoms with Gasteiger partial charge in [0.15, 0.2) is 46.3 Å². The second-order valence-electron chi connectivity index (χ2n) is 14.0. The Morgan fingerprint density at radius 1 is 0.651 bits per heavy atom. The van der Waals surface area contributed by atoms with E-state index in [4.69, 9.17) is 18.9 Å². The highest BCUT2D eigenvalue weighted by Gasteiger charge is 2.27. The van der Waals surface area contributed by atoms with Gasteiger partial charge in [-0.2, -0.15) is 0 Å². The highest BCUT2D eigenvalue weighted by atomic mass is 19.1. The first-order valence-corrected chi connectivity index (χ1v) is 19.1. The van der Waals surface area contributed by atoms with Crippen LogP contribution in [0.2, 0.25) is 0 Å². The molecule has 0 radical (unpaired) electrons. The Morgan fingerprint density at radius 2 is 1.08 bits per heavy atom. The van der Waals surface area contributed by atoms with Crippen LogP contribution >= 0.6 is 0 Å². The Balaban J connectivity index is 0.000000206. The van der Waals surface area contributed by atoms with Crippen LogP contribution in [0.1, 0.15) is 26.4 Å². The van der Waals surface area contributed by atoms with Crippen molar-refractivity contribution in [3.8, 4) is 45.3 Å². The Labute approximate surface area is 356 Å². The summed E-state index contributed by atoms with van der Waals surface area (Å²) in [5.74, 6) is -5.98. The van der Waals surface area contributed by atoms with Gasteiger partial charge in [-0.1, -0.05) is 12.1 Å². The van der Waals surface area contributed by atoms with Crippen LogP contribution < -0.4 is 24.3 Å². The molecule has 63 heavy (non-hydrogen) atoms. The van der Waals surface area contributed by atoms with E-state index >= 15 is 8.78 Å². The highest BCUT2D eigenvalue weighted by Crippen LogP contribution is 2.41. The Morgan fingerprint density at radius 3 is 1.52 bits per heavy atom. The lowest BCUT2D eigenvalue weighted by Gasteiger charge is -2.31. The fourth-order valence-corrected chi connectivity index (χ4v) is 7.04. The molecule has 3 N–H and O–H groups in total. The number of methoxy groups -OCH3 is 4. The minimum Gasteiger partial charge on any atom is -0.494 e. The first-order valence-electron chi connectivity index (χ1n) is 19.1. The number of carboxylic acid groups (broad SMARTS) is 1. The summed E-state index contributed by atoms with van der Waals surface area (Å²) < 4.78 is 79.9. The van der Waals surface area contributed by atoms with Crippen LogP contribution in [0.15, 0.2) is 67.4 Å². The van der Waals surface area contributed by atoms with E-state index in [1.807, 2.05) is 0 Å². The number of hydrogen-bond donors (Lipinski definition) is 3. The molecule has 0 aliphatic carbocycles. The van der Waals surface area contributed by atoms with Crippen LogP contribution in [0.3, 0.4) is 0 Å². The van der Waals surface area contributed by atoms with Gasteiger partial charge in [-0.15, -0.1) is 0 Å². The van der Waals surface area contributed by atoms with Gasteiger partial charge < -0.3 is 33.9 Å². The minimum atomic E-state index is -1.22. The number of amides is 1. The maximum Gasteiger partial charge on any atom is 0.337 e. The van der Waals surface area contributed by atoms with Gasteiger partial charge >= 0.3 is 5.97 Å². The number of H-pyrrole nitrogens is 1. The van der Waals surface area contributed by atoms with Crippen molar-refractivity contribution in [1.29, 1.82) is 0 Å². The smallest absolute Gasteiger partial charge is 0.337 e. The summed E-state index contributed by atoms with van der Waals surface area (Å²) in [5, 5.41) is 12.0. The molecule has 7 aromatic rings. The number of carboxylic acids is 1. The van der Waals surface area contributed by atoms with Crippen molar-refractivity contribution in [2.75, 3.05) is 67.0 Å². The molecule has 20 heteroatoms. The normalized spacial score (nSPS) is 13.0. The zero-order valence-electron chi connectivity index (χ0n) is 34.4. The standard InChI is InChI=1S/C26H27F2N7O3.C17H12F2N2O4/c1-34-8-10-35(11-9-34)14-15-13-31-26(32-15)33-25(36)17-5-4-16(23-24(17)30-7-6-29-23)20-21(27)18(37-2)12-19(38-3)22(20)28;1-24-10-7-11(25-2)14(19)12(13(10)18)8-3-4-9(17(22)23)16-15(8)20-5-6-21-16/h4-7,12-13H,8-11,14H2,1-3H3,(H2,31,32,33,36);3-7H,1-2H3,(H,22,23). The molecule has 0 unspecified atom stereocenters. The van der Waals surface area contributed by atoms with Crippen LogP contribution in [0.4, 0.5) is 23.5 Å². The molecule has 0 atom stereocenters. The molecule has 1 amide bonds. The third kappa shape index (κ3) is 8.70. The van der Waals surface area contributed by atoms with Crippen molar-refractivity contribution >= 4 is 39.9 Å². The van der Waals surface area contributed by atoms with Gasteiger partial charge in [-0.05, 0) is 19.2 Å². The molecule has 1 saturated heterocycles. The number of fused-ring (bicyclic) bond motifs is 2. The Hall–Kier alpha value is -7.45. The third-order valence-electron chi connectivity index (χ3n) is 10.3. The third-order valence-corrected chi connectivity index (χ3v) is 10.3. The summed E-state index contributed by atoms with van der Waals surface area (Å²) in [6.07, 6.45) is 7.10. The van der Waals surface area contributed by atoms with E-state index in [1.54, 1.807) is 6.20 Å². The van der Waals surface area contributed by atoms with Crippen molar-refractivity contribution in [3.05, 3.63) is 107 Å². The van der Waals surface area contributed by atoms with Crippen LogP contribution in [0.25, 0.3) is 44.3 Å². The Bertz CT molecular complexity index is 2800. The molecular formula is C43H39F4N9O7. The van der Waals surface area contributed by atoms with Crippen LogP contribution in [0.5, 0.6) is 23.0 Å². The number of piperazine rings is 1. The van der Waals surface area contributed by atoms with Gasteiger partial charge in [0.1, 0.15) is 11.0 Å². The quantitative estimate of drug-likeness (QED) is 0.118. The van der Waals surface area contributed by atoms with E-state index in [0.29, 0.717) is 6.54 Å². The molecule has 8 rings (SSSR count). The van der Waals surface area contributed by atoms with Crippen LogP contribution in [-0.2, 0) is 6.54 Å². The van der Waals surface area contributed by atoms with Gasteiger partial charge in [0, 0.05) is 80.8 Å². The predicted molar refractivity (Wildman–Crippen MR) is 222 cm³/mol. The van der Waals surface area contributed by atoms with E-state index in [0.717, 1.165) is 44.0 Å². The largest absolute Gasteiger partial charge is 0.494 e. The van der Waals surface area contributed by atoms with Crippen molar-refractivity contribution in [3.63, 3.8) is 0 Å². The topological polar surface area (TPSA) is 190 Å². The maximum atomic E-state index is 15.2. The number of carbonyl (C=O) groups is 2. The molecule has 4 aromatic carbocycles. The van der Waals surface area contributed by atoms with Crippen molar-refractivity contribution in [1.82, 2.24) is 39.7 Å². The molecule has 326 valence electrons. The fourth-order valence-electron chi connectivity index (χ4n) is 7.04. The number of rotatable bonds is 11. The summed E-state index contributed by atoms with van der Waals surface area (Å²) in [6.45, 7) is 4.60. The molecule has 3 aromatic heterocycles. The number of aromatic nitrogens is 6. The van der Waals surface area contributed by atoms with Crippen molar-refractivity contribution in [2.24, 2.45) is 0 Å². The summed E-state index contributed by atoms with van der Waals surface area (Å²) >= 11 is 0. The lowest BCUT2D eigenvalue weighted by atomic mass is 9.99. The fraction of sp³-hybridized carbons (Fsp3) is 0.233. The molecular weight excluding hydrogens is 831 g/mol. The highest BCUT2D eigenvalue weighted by molar-refractivity contribution is 6.13. The maximum absolute atomic E-state index is 15.2. The van der Waals surface area contributed by atoms with E-state index < -0.39 is 46.3 Å². The second kappa shape index (κ2) is 18.7. The number of benzene rings is 4. The average molecular weight is 870 g/mol. The molecule has 0 saturated carbocycles. The molecule has 1 fully saturated rings. The number of likely N-dealkylation sites (N-methyl/N-ethyl adjacent to an activating group) is 1. The summed E-state index contributed by atoms with van der Waals surface area (Å²) in [4.78, 5) is 53.2. The number of nitrogens with zero attached hydrogens (tertiary/aromatic N) is 7. The van der Waals surface area contributed by atoms with Gasteiger partial charge in [0.2, 0.25) is 5.95 Å². The number of aromatic amines is 1. The summed E-state index contributed by atoms with van der Waals surface area (Å²) in [5.41, 5.74) is 0.635. The number of aromatic carboxylic acids is 1. The monoisotopic (exact) mass is 869 g/mol. The number of hydrogen-bond acceptors (Lipinski definition) is 13. The lowest BCUT2D eigenvalue weighted by Crippen LogP contribution is -2.43. The molecule has 4 heterocycles. The van der Waals surface area contributed by atoms with Gasteiger partial charge in [-0.25, -0.2) is 27.3 Å². The number of carbonyl (C=O) groups excluding carboxylic acids is 1. The first-order chi connectivity index (χ1) is 30.4. The molecule has 0 bridgehead atoms. The van der Waals surface area contributed by atoms with Gasteiger partial charge in [-0.3, -0.25) is 34.9 Å². The van der Waals surface area contributed by atoms with Gasteiger partial charge in [0.25, 0.3) is 5.91 Å². The number of halogens is 4. The molecule has 1 aliphatic heterocycles. The lowest BCUT2D eigenvalue weighted by molar-refractivity contribution is 0.0698. The van der Waals surface area contributed by atoms with E-state index in [-0.39, 0.29) is 73.3 Å². The zero-order chi connectivity index (χ0) is 44.9. The molecule has 0 spiro atoms. The zero-order valence-corrected chi connectivity index (χ0v) is 34.4. The van der Waals surface area contributed by atoms with E-state index in [1.165, 1.54) is 77.5 Å². The molecule has 1 aliphatic rings. The summed E-state index contributed by atoms with van der Waals surface area (Å²) in [6, 6.07) is 7.59. The number of imidazole rings is 1. The Kier molecular flexibility index (Phi) is 12.9. The SMILES string of the molecule is COc1cc(OC)c(F)c(-c2ccc(C(=O)Nc3ncc(CN4CCN(C)CC4)[nH]3)c3nccnc23)c1F.COc1cc(OC)c(F)c(-c2ccc(C(=O)O)c3nccnc23)c1F. The predicted octanol–water partition coefficient (Wildman–Crippen LogP) is 6.61. The second-order valence-corrected chi connectivity index (χ2v) is 14.0. The van der Waals surface area contributed by atoms with Gasteiger partial charge in [0.05, 0.1) is 73.6 Å².